The second-order valence-corrected chi connectivity index (χ2v) is 2.47. The molecule has 0 bridgehead atoms. The molecule has 0 fully saturated rings. The predicted molar refractivity (Wildman–Crippen MR) is 48.7 cm³/mol. The monoisotopic (exact) mass is 188 g/mol. The summed E-state index contributed by atoms with van der Waals surface area (Å²) in [6.45, 7) is 3.58. The second-order valence-electron chi connectivity index (χ2n) is 2.47. The van der Waals surface area contributed by atoms with Crippen LogP contribution in [0.15, 0.2) is 12.7 Å². The molecule has 0 aliphatic rings. The van der Waals surface area contributed by atoms with E-state index >= 15 is 0 Å². The molecule has 4 nitrogen and oxygen atoms in total. The molecule has 0 aromatic rings. The van der Waals surface area contributed by atoms with Crippen LogP contribution in [0.1, 0.15) is 0 Å². The van der Waals surface area contributed by atoms with Gasteiger partial charge in [0.25, 0.3) is 0 Å². The summed E-state index contributed by atoms with van der Waals surface area (Å²) >= 11 is 0. The van der Waals surface area contributed by atoms with Gasteiger partial charge in [-0.2, -0.15) is 0 Å². The first-order chi connectivity index (χ1) is 6.24. The van der Waals surface area contributed by atoms with Crippen molar-refractivity contribution in [2.45, 2.75) is 18.3 Å². The van der Waals surface area contributed by atoms with Crippen LogP contribution >= 0.6 is 0 Å². The number of ether oxygens (including phenoxy) is 3. The highest BCUT2D eigenvalue weighted by Gasteiger charge is 2.27. The van der Waals surface area contributed by atoms with Gasteiger partial charge in [-0.1, -0.05) is 6.08 Å². The van der Waals surface area contributed by atoms with Gasteiger partial charge in [0.15, 0.2) is 6.29 Å². The van der Waals surface area contributed by atoms with Gasteiger partial charge in [-0.3, -0.25) is 0 Å². The Kier molecular flexibility index (Phi) is 6.40. The standard InChI is InChI=1S/C9H16O4/c1-5-7(11-2)9(13-4)8(6-10)12-3/h5-9H,1H2,2-4H3/t7-,8-,9-/m0/s1. The molecular formula is C9H16O4. The lowest BCUT2D eigenvalue weighted by Gasteiger charge is -2.25. The van der Waals surface area contributed by atoms with E-state index in [1.54, 1.807) is 6.08 Å². The molecule has 0 rings (SSSR count). The largest absolute Gasteiger partial charge is 0.375 e. The summed E-state index contributed by atoms with van der Waals surface area (Å²) in [6, 6.07) is 0. The van der Waals surface area contributed by atoms with Gasteiger partial charge >= 0.3 is 0 Å². The van der Waals surface area contributed by atoms with E-state index in [4.69, 9.17) is 14.2 Å². The lowest BCUT2D eigenvalue weighted by atomic mass is 10.1. The van der Waals surface area contributed by atoms with Crippen LogP contribution in [0.2, 0.25) is 0 Å². The summed E-state index contributed by atoms with van der Waals surface area (Å²) in [5, 5.41) is 0. The van der Waals surface area contributed by atoms with E-state index in [0.717, 1.165) is 0 Å². The van der Waals surface area contributed by atoms with Crippen LogP contribution in [0.3, 0.4) is 0 Å². The van der Waals surface area contributed by atoms with Gasteiger partial charge in [0.05, 0.1) is 0 Å². The molecule has 0 radical (unpaired) electrons. The fourth-order valence-corrected chi connectivity index (χ4v) is 1.09. The van der Waals surface area contributed by atoms with Gasteiger partial charge in [0.1, 0.15) is 18.3 Å². The molecule has 0 unspecified atom stereocenters. The van der Waals surface area contributed by atoms with Crippen LogP contribution in [0.4, 0.5) is 0 Å². The number of rotatable bonds is 7. The normalized spacial score (nSPS) is 17.5. The Morgan fingerprint density at radius 3 is 1.85 bits per heavy atom. The van der Waals surface area contributed by atoms with Crippen molar-refractivity contribution in [3.05, 3.63) is 12.7 Å². The highest BCUT2D eigenvalue weighted by Crippen LogP contribution is 2.09. The highest BCUT2D eigenvalue weighted by atomic mass is 16.6. The minimum atomic E-state index is -0.632. The van der Waals surface area contributed by atoms with Crippen molar-refractivity contribution in [1.29, 1.82) is 0 Å². The van der Waals surface area contributed by atoms with Gasteiger partial charge in [-0.25, -0.2) is 0 Å². The molecule has 0 amide bonds. The summed E-state index contributed by atoms with van der Waals surface area (Å²) in [7, 11) is 4.46. The zero-order valence-corrected chi connectivity index (χ0v) is 8.23. The average Bonchev–Trinajstić information content (AvgIpc) is 2.18. The highest BCUT2D eigenvalue weighted by molar-refractivity contribution is 5.57. The molecule has 0 aliphatic heterocycles. The Morgan fingerprint density at radius 2 is 1.62 bits per heavy atom. The molecule has 0 aliphatic carbocycles. The summed E-state index contributed by atoms with van der Waals surface area (Å²) in [6.07, 6.45) is 0.825. The minimum absolute atomic E-state index is 0.347. The molecule has 0 heterocycles. The third-order valence-corrected chi connectivity index (χ3v) is 1.83. The summed E-state index contributed by atoms with van der Waals surface area (Å²) in [5.74, 6) is 0. The Hall–Kier alpha value is -0.710. The molecule has 0 aromatic carbocycles. The maximum atomic E-state index is 10.6. The van der Waals surface area contributed by atoms with Crippen LogP contribution in [0, 0.1) is 0 Å². The molecule has 0 saturated heterocycles. The fourth-order valence-electron chi connectivity index (χ4n) is 1.09. The molecule has 4 heteroatoms. The Balaban J connectivity index is 4.43. The number of carbonyl (C=O) groups excluding carboxylic acids is 1. The van der Waals surface area contributed by atoms with Crippen molar-refractivity contribution in [1.82, 2.24) is 0 Å². The van der Waals surface area contributed by atoms with Gasteiger partial charge in [-0.15, -0.1) is 6.58 Å². The van der Waals surface area contributed by atoms with E-state index in [2.05, 4.69) is 6.58 Å². The van der Waals surface area contributed by atoms with Crippen LogP contribution in [0.25, 0.3) is 0 Å². The molecule has 13 heavy (non-hydrogen) atoms. The second kappa shape index (κ2) is 6.77. The van der Waals surface area contributed by atoms with Gasteiger partial charge in [-0.05, 0) is 0 Å². The quantitative estimate of drug-likeness (QED) is 0.429. The van der Waals surface area contributed by atoms with E-state index in [-0.39, 0.29) is 6.10 Å². The first-order valence-corrected chi connectivity index (χ1v) is 3.91. The lowest BCUT2D eigenvalue weighted by Crippen LogP contribution is -2.41. The molecule has 0 aromatic heterocycles. The topological polar surface area (TPSA) is 44.8 Å². The predicted octanol–water partition coefficient (Wildman–Crippen LogP) is 0.416. The molecular weight excluding hydrogens is 172 g/mol. The molecule has 0 saturated carbocycles. The van der Waals surface area contributed by atoms with Crippen molar-refractivity contribution < 1.29 is 19.0 Å². The van der Waals surface area contributed by atoms with Gasteiger partial charge in [0.2, 0.25) is 0 Å². The number of methoxy groups -OCH3 is 3. The summed E-state index contributed by atoms with van der Waals surface area (Å²) in [5.41, 5.74) is 0. The van der Waals surface area contributed by atoms with E-state index in [1.165, 1.54) is 21.3 Å². The van der Waals surface area contributed by atoms with Crippen LogP contribution in [0.5, 0.6) is 0 Å². The van der Waals surface area contributed by atoms with Crippen molar-refractivity contribution >= 4 is 6.29 Å². The Morgan fingerprint density at radius 1 is 1.08 bits per heavy atom. The summed E-state index contributed by atoms with van der Waals surface area (Å²) < 4.78 is 15.1. The Labute approximate surface area is 78.5 Å². The zero-order valence-electron chi connectivity index (χ0n) is 8.23. The maximum absolute atomic E-state index is 10.6. The molecule has 3 atom stereocenters. The van der Waals surface area contributed by atoms with Crippen LogP contribution in [-0.4, -0.2) is 45.9 Å². The molecule has 0 N–H and O–H groups in total. The minimum Gasteiger partial charge on any atom is -0.375 e. The SMILES string of the molecule is C=C[C@H](OC)[C@H](OC)[C@H](C=O)OC. The van der Waals surface area contributed by atoms with Crippen LogP contribution < -0.4 is 0 Å². The first-order valence-electron chi connectivity index (χ1n) is 3.91. The fraction of sp³-hybridized carbons (Fsp3) is 0.667. The van der Waals surface area contributed by atoms with Crippen molar-refractivity contribution in [2.75, 3.05) is 21.3 Å². The number of hydrogen-bond acceptors (Lipinski definition) is 4. The third-order valence-electron chi connectivity index (χ3n) is 1.83. The maximum Gasteiger partial charge on any atom is 0.151 e. The number of carbonyl (C=O) groups is 1. The zero-order chi connectivity index (χ0) is 10.3. The van der Waals surface area contributed by atoms with Crippen molar-refractivity contribution in [2.24, 2.45) is 0 Å². The van der Waals surface area contributed by atoms with Crippen molar-refractivity contribution in [3.8, 4) is 0 Å². The van der Waals surface area contributed by atoms with Gasteiger partial charge in [0, 0.05) is 21.3 Å². The van der Waals surface area contributed by atoms with Gasteiger partial charge < -0.3 is 19.0 Å². The van der Waals surface area contributed by atoms with Crippen LogP contribution in [-0.2, 0) is 19.0 Å². The molecule has 0 spiro atoms. The average molecular weight is 188 g/mol. The number of aldehydes is 1. The van der Waals surface area contributed by atoms with E-state index in [9.17, 15) is 4.79 Å². The summed E-state index contributed by atoms with van der Waals surface area (Å²) in [4.78, 5) is 10.6. The van der Waals surface area contributed by atoms with E-state index in [0.29, 0.717) is 6.29 Å². The Bertz CT molecular complexity index is 142. The smallest absolute Gasteiger partial charge is 0.151 e. The first kappa shape index (κ1) is 12.3. The lowest BCUT2D eigenvalue weighted by molar-refractivity contribution is -0.132. The number of hydrogen-bond donors (Lipinski definition) is 0. The van der Waals surface area contributed by atoms with E-state index < -0.39 is 12.2 Å². The van der Waals surface area contributed by atoms with E-state index in [1.807, 2.05) is 0 Å². The van der Waals surface area contributed by atoms with Crippen molar-refractivity contribution in [3.63, 3.8) is 0 Å². The molecule has 76 valence electrons. The third kappa shape index (κ3) is 3.26.